The van der Waals surface area contributed by atoms with Crippen molar-refractivity contribution in [3.05, 3.63) is 22.4 Å². The fraction of sp³-hybridized carbons (Fsp3) is 0.333. The van der Waals surface area contributed by atoms with E-state index in [1.807, 2.05) is 0 Å². The van der Waals surface area contributed by atoms with Gasteiger partial charge in [0.05, 0.1) is 6.34 Å². The Morgan fingerprint density at radius 1 is 1.73 bits per heavy atom. The molecule has 0 atom stereocenters. The summed E-state index contributed by atoms with van der Waals surface area (Å²) >= 11 is 1.76. The third-order valence-corrected chi connectivity index (χ3v) is 2.43. The minimum Gasteiger partial charge on any atom is -0.390 e. The molecule has 0 fully saturated rings. The summed E-state index contributed by atoms with van der Waals surface area (Å²) < 4.78 is 0. The van der Waals surface area contributed by atoms with Crippen molar-refractivity contribution in [3.8, 4) is 0 Å². The van der Waals surface area contributed by atoms with Gasteiger partial charge in [0.25, 0.3) is 0 Å². The van der Waals surface area contributed by atoms with Gasteiger partial charge in [-0.05, 0) is 17.9 Å². The second kappa shape index (κ2) is 9.01. The highest BCUT2D eigenvalue weighted by atomic mass is 32.1. The SMILES string of the molecule is CN=C(N)NCCc1cccs1.N=CN. The highest BCUT2D eigenvalue weighted by Crippen LogP contribution is 2.07. The van der Waals surface area contributed by atoms with Crippen molar-refractivity contribution in [2.45, 2.75) is 6.42 Å². The molecule has 0 saturated carbocycles. The van der Waals surface area contributed by atoms with Crippen LogP contribution in [0.15, 0.2) is 22.5 Å². The van der Waals surface area contributed by atoms with Crippen LogP contribution in [0, 0.1) is 5.41 Å². The van der Waals surface area contributed by atoms with Crippen LogP contribution in [0.2, 0.25) is 0 Å². The maximum atomic E-state index is 5.86. The van der Waals surface area contributed by atoms with Gasteiger partial charge < -0.3 is 16.8 Å². The molecule has 0 aliphatic carbocycles. The summed E-state index contributed by atoms with van der Waals surface area (Å²) in [5.41, 5.74) is 9.84. The van der Waals surface area contributed by atoms with Crippen LogP contribution in [-0.2, 0) is 6.42 Å². The van der Waals surface area contributed by atoms with Crippen LogP contribution < -0.4 is 16.8 Å². The van der Waals surface area contributed by atoms with E-state index in [0.29, 0.717) is 5.96 Å². The second-order valence-electron chi connectivity index (χ2n) is 2.53. The molecule has 5 nitrogen and oxygen atoms in total. The maximum absolute atomic E-state index is 5.86. The molecular weight excluding hydrogens is 210 g/mol. The topological polar surface area (TPSA) is 100 Å². The first-order chi connectivity index (χ1) is 7.24. The average molecular weight is 227 g/mol. The molecule has 1 rings (SSSR count). The van der Waals surface area contributed by atoms with Crippen molar-refractivity contribution in [3.63, 3.8) is 0 Å². The van der Waals surface area contributed by atoms with Crippen LogP contribution in [0.4, 0.5) is 0 Å². The van der Waals surface area contributed by atoms with Gasteiger partial charge in [0.1, 0.15) is 0 Å². The first-order valence-corrected chi connectivity index (χ1v) is 5.31. The number of nitrogens with two attached hydrogens (primary N) is 2. The zero-order valence-corrected chi connectivity index (χ0v) is 9.55. The number of thiophene rings is 1. The molecule has 1 aromatic heterocycles. The van der Waals surface area contributed by atoms with Crippen molar-refractivity contribution in [1.29, 1.82) is 5.41 Å². The number of hydrogen-bond donors (Lipinski definition) is 4. The number of rotatable bonds is 3. The predicted molar refractivity (Wildman–Crippen MR) is 66.5 cm³/mol. The summed E-state index contributed by atoms with van der Waals surface area (Å²) in [4.78, 5) is 5.16. The first kappa shape index (κ1) is 13.4. The lowest BCUT2D eigenvalue weighted by atomic mass is 10.3. The van der Waals surface area contributed by atoms with Crippen LogP contribution in [0.5, 0.6) is 0 Å². The standard InChI is InChI=1S/C8H13N3S.CH4N2/c1-10-8(9)11-5-4-7-3-2-6-12-7;2-1-3/h2-3,6H,4-5H2,1H3,(H3,9,10,11);1H,(H3,2,3). The van der Waals surface area contributed by atoms with Gasteiger partial charge in [-0.25, -0.2) is 0 Å². The molecule has 6 N–H and O–H groups in total. The quantitative estimate of drug-likeness (QED) is 0.443. The van der Waals surface area contributed by atoms with Crippen LogP contribution in [0.25, 0.3) is 0 Å². The molecule has 0 radical (unpaired) electrons. The van der Waals surface area contributed by atoms with E-state index < -0.39 is 0 Å². The van der Waals surface area contributed by atoms with E-state index in [2.05, 4.69) is 33.6 Å². The normalized spacial score (nSPS) is 10.1. The van der Waals surface area contributed by atoms with Gasteiger partial charge in [-0.2, -0.15) is 0 Å². The van der Waals surface area contributed by atoms with E-state index in [1.54, 1.807) is 18.4 Å². The molecule has 0 unspecified atom stereocenters. The molecule has 0 bridgehead atoms. The Labute approximate surface area is 93.7 Å². The minimum atomic E-state index is 0.506. The number of guanidine groups is 1. The molecule has 1 heterocycles. The van der Waals surface area contributed by atoms with Crippen LogP contribution in [-0.4, -0.2) is 25.9 Å². The van der Waals surface area contributed by atoms with Gasteiger partial charge in [0, 0.05) is 18.5 Å². The van der Waals surface area contributed by atoms with Crippen molar-refractivity contribution in [2.24, 2.45) is 16.5 Å². The molecule has 1 aromatic rings. The third kappa shape index (κ3) is 7.51. The predicted octanol–water partition coefficient (Wildman–Crippen LogP) is 0.377. The van der Waals surface area contributed by atoms with E-state index in [0.717, 1.165) is 19.3 Å². The second-order valence-corrected chi connectivity index (χ2v) is 3.56. The number of nitrogens with zero attached hydrogens (tertiary/aromatic N) is 1. The van der Waals surface area contributed by atoms with Crippen LogP contribution in [0.1, 0.15) is 4.88 Å². The van der Waals surface area contributed by atoms with Gasteiger partial charge in [0.15, 0.2) is 5.96 Å². The smallest absolute Gasteiger partial charge is 0.188 e. The van der Waals surface area contributed by atoms with E-state index in [4.69, 9.17) is 11.1 Å². The summed E-state index contributed by atoms with van der Waals surface area (Å²) in [6, 6.07) is 4.17. The van der Waals surface area contributed by atoms with Crippen LogP contribution >= 0.6 is 11.3 Å². The van der Waals surface area contributed by atoms with E-state index in [9.17, 15) is 0 Å². The Balaban J connectivity index is 0.000000583. The molecule has 0 spiro atoms. The lowest BCUT2D eigenvalue weighted by Gasteiger charge is -2.02. The van der Waals surface area contributed by atoms with Crippen molar-refractivity contribution in [2.75, 3.05) is 13.6 Å². The number of hydrogen-bond acceptors (Lipinski definition) is 3. The Morgan fingerprint density at radius 3 is 2.87 bits per heavy atom. The zero-order chi connectivity index (χ0) is 11.5. The van der Waals surface area contributed by atoms with Gasteiger partial charge in [0.2, 0.25) is 0 Å². The average Bonchev–Trinajstić information content (AvgIpc) is 2.71. The summed E-state index contributed by atoms with van der Waals surface area (Å²) in [5.74, 6) is 0.506. The minimum absolute atomic E-state index is 0.506. The van der Waals surface area contributed by atoms with Gasteiger partial charge in [-0.3, -0.25) is 10.4 Å². The Hall–Kier alpha value is -1.56. The Morgan fingerprint density at radius 2 is 2.40 bits per heavy atom. The molecule has 6 heteroatoms. The van der Waals surface area contributed by atoms with Gasteiger partial charge in [-0.15, -0.1) is 11.3 Å². The monoisotopic (exact) mass is 227 g/mol. The maximum Gasteiger partial charge on any atom is 0.188 e. The molecule has 0 aliphatic rings. The number of aliphatic imine (C=N–C) groups is 1. The molecule has 0 amide bonds. The lowest BCUT2D eigenvalue weighted by Crippen LogP contribution is -2.32. The van der Waals surface area contributed by atoms with Crippen molar-refractivity contribution in [1.82, 2.24) is 5.32 Å². The molecule has 0 saturated heterocycles. The molecule has 15 heavy (non-hydrogen) atoms. The van der Waals surface area contributed by atoms with E-state index in [-0.39, 0.29) is 0 Å². The third-order valence-electron chi connectivity index (χ3n) is 1.50. The Bertz CT molecular complexity index is 281. The summed E-state index contributed by atoms with van der Waals surface area (Å²) in [6.07, 6.45) is 1.76. The zero-order valence-electron chi connectivity index (χ0n) is 8.73. The van der Waals surface area contributed by atoms with Crippen LogP contribution in [0.3, 0.4) is 0 Å². The fourth-order valence-corrected chi connectivity index (χ4v) is 1.56. The first-order valence-electron chi connectivity index (χ1n) is 4.43. The van der Waals surface area contributed by atoms with Gasteiger partial charge >= 0.3 is 0 Å². The summed E-state index contributed by atoms with van der Waals surface area (Å²) in [5, 5.41) is 10.9. The number of nitrogens with one attached hydrogen (secondary N) is 2. The molecular formula is C9H17N5S. The largest absolute Gasteiger partial charge is 0.390 e. The lowest BCUT2D eigenvalue weighted by molar-refractivity contribution is 0.867. The molecule has 84 valence electrons. The summed E-state index contributed by atoms with van der Waals surface area (Å²) in [6.45, 7) is 0.851. The Kier molecular flexibility index (Phi) is 8.08. The van der Waals surface area contributed by atoms with Crippen molar-refractivity contribution < 1.29 is 0 Å². The van der Waals surface area contributed by atoms with Crippen molar-refractivity contribution >= 4 is 23.6 Å². The van der Waals surface area contributed by atoms with Gasteiger partial charge in [-0.1, -0.05) is 6.07 Å². The summed E-state index contributed by atoms with van der Waals surface area (Å²) in [7, 11) is 1.67. The fourth-order valence-electron chi connectivity index (χ4n) is 0.848. The molecule has 0 aliphatic heterocycles. The highest BCUT2D eigenvalue weighted by Gasteiger charge is 1.93. The molecule has 0 aromatic carbocycles. The highest BCUT2D eigenvalue weighted by molar-refractivity contribution is 7.09. The van der Waals surface area contributed by atoms with E-state index >= 15 is 0 Å². The van der Waals surface area contributed by atoms with E-state index in [1.165, 1.54) is 4.88 Å².